The molecule has 9 heavy (non-hydrogen) atoms. The molecule has 0 aromatic carbocycles. The van der Waals surface area contributed by atoms with Gasteiger partial charge in [-0.05, 0) is 0 Å². The van der Waals surface area contributed by atoms with Crippen LogP contribution in [0.5, 0.6) is 0 Å². The molecule has 0 aromatic heterocycles. The van der Waals surface area contributed by atoms with E-state index in [-0.39, 0.29) is 7.43 Å². The minimum Gasteiger partial charge on any atom is -0.465 e. The van der Waals surface area contributed by atoms with Crippen LogP contribution in [0.4, 0.5) is 4.79 Å². The van der Waals surface area contributed by atoms with Crippen LogP contribution in [-0.4, -0.2) is 17.4 Å². The number of rotatable bonds is 2. The molecule has 0 aliphatic heterocycles. The zero-order valence-corrected chi connectivity index (χ0v) is 4.79. The predicted octanol–water partition coefficient (Wildman–Crippen LogP) is -0.194. The van der Waals surface area contributed by atoms with Crippen LogP contribution in [0.25, 0.3) is 0 Å². The maximum absolute atomic E-state index is 9.73. The second-order valence-corrected chi connectivity index (χ2v) is 1.21. The van der Waals surface area contributed by atoms with Gasteiger partial charge in [-0.25, -0.2) is 4.79 Å². The van der Waals surface area contributed by atoms with E-state index in [0.29, 0.717) is 0 Å². The molecule has 0 saturated carbocycles. The predicted molar refractivity (Wildman–Crippen MR) is 32.6 cm³/mol. The molecule has 4 heteroatoms. The first-order chi connectivity index (χ1) is 3.66. The summed E-state index contributed by atoms with van der Waals surface area (Å²) in [5.74, 6) is 0. The highest BCUT2D eigenvalue weighted by Crippen LogP contribution is 1.69. The summed E-state index contributed by atoms with van der Waals surface area (Å²) in [7, 11) is 0. The lowest BCUT2D eigenvalue weighted by atomic mass is 10.5. The average molecular weight is 128 g/mol. The van der Waals surface area contributed by atoms with E-state index in [2.05, 4.69) is 6.58 Å². The van der Waals surface area contributed by atoms with Crippen LogP contribution in [0.15, 0.2) is 12.7 Å². The molecule has 50 valence electrons. The van der Waals surface area contributed by atoms with Crippen molar-refractivity contribution in [3.05, 3.63) is 20.1 Å². The monoisotopic (exact) mass is 128 g/mol. The van der Waals surface area contributed by atoms with Gasteiger partial charge in [0.25, 0.3) is 0 Å². The second-order valence-electron chi connectivity index (χ2n) is 1.21. The molecular weight excluding hydrogens is 120 g/mol. The van der Waals surface area contributed by atoms with Gasteiger partial charge in [-0.2, -0.15) is 0 Å². The van der Waals surface area contributed by atoms with Gasteiger partial charge in [0.15, 0.2) is 0 Å². The average Bonchev–Trinajstić information content (AvgIpc) is 1.65. The molecule has 4 nitrogen and oxygen atoms in total. The zero-order chi connectivity index (χ0) is 6.57. The number of nitrogens with two attached hydrogens (primary N) is 1. The Labute approximate surface area is 54.4 Å². The molecule has 0 saturated heterocycles. The van der Waals surface area contributed by atoms with Gasteiger partial charge in [-0.1, -0.05) is 12.7 Å². The van der Waals surface area contributed by atoms with Crippen molar-refractivity contribution in [2.75, 3.05) is 0 Å². The van der Waals surface area contributed by atoms with Crippen molar-refractivity contribution in [3.63, 3.8) is 0 Å². The first kappa shape index (κ1) is 10.9. The Morgan fingerprint density at radius 2 is 2.33 bits per heavy atom. The second kappa shape index (κ2) is 5.11. The normalized spacial score (nSPS) is 10.8. The number of carbonyl (C=O) groups is 1. The highest BCUT2D eigenvalue weighted by atomic mass is 16.4. The van der Waals surface area contributed by atoms with Crippen molar-refractivity contribution < 1.29 is 9.90 Å². The van der Waals surface area contributed by atoms with Crippen molar-refractivity contribution >= 4 is 6.09 Å². The van der Waals surface area contributed by atoms with E-state index in [1.807, 2.05) is 5.32 Å². The number of carboxylic acid groups (broad SMARTS) is 1. The topological polar surface area (TPSA) is 75.3 Å². The third kappa shape index (κ3) is 6.97. The van der Waals surface area contributed by atoms with E-state index in [0.717, 1.165) is 0 Å². The fourth-order valence-corrected chi connectivity index (χ4v) is 0.202. The van der Waals surface area contributed by atoms with Gasteiger partial charge in [-0.15, -0.1) is 0 Å². The van der Waals surface area contributed by atoms with Crippen LogP contribution in [0.2, 0.25) is 0 Å². The molecule has 0 spiro atoms. The molecule has 0 fully saturated rings. The maximum atomic E-state index is 9.73. The van der Waals surface area contributed by atoms with Gasteiger partial charge in [0, 0.05) is 7.43 Å². The quantitative estimate of drug-likeness (QED) is 0.356. The van der Waals surface area contributed by atoms with Crippen LogP contribution in [0.1, 0.15) is 0 Å². The van der Waals surface area contributed by atoms with Gasteiger partial charge in [0.05, 0.1) is 6.17 Å². The minimum absolute atomic E-state index is 0. The fraction of sp³-hybridized carbons (Fsp3) is 0.200. The van der Waals surface area contributed by atoms with E-state index < -0.39 is 12.3 Å². The summed E-state index contributed by atoms with van der Waals surface area (Å²) in [6.45, 7) is 3.26. The van der Waals surface area contributed by atoms with Gasteiger partial charge >= 0.3 is 6.09 Å². The Balaban J connectivity index is 0. The molecule has 4 N–H and O–H groups in total. The molecule has 0 aliphatic carbocycles. The van der Waals surface area contributed by atoms with Crippen molar-refractivity contribution in [1.29, 1.82) is 0 Å². The van der Waals surface area contributed by atoms with Crippen molar-refractivity contribution in [2.45, 2.75) is 6.17 Å². The van der Waals surface area contributed by atoms with E-state index in [4.69, 9.17) is 10.8 Å². The Morgan fingerprint density at radius 3 is 2.44 bits per heavy atom. The van der Waals surface area contributed by atoms with Gasteiger partial charge in [0.2, 0.25) is 0 Å². The van der Waals surface area contributed by atoms with Gasteiger partial charge < -0.3 is 16.2 Å². The largest absolute Gasteiger partial charge is 0.465 e. The minimum atomic E-state index is -1.14. The molecule has 0 rings (SSSR count). The number of hydrogen-bond donors (Lipinski definition) is 3. The lowest BCUT2D eigenvalue weighted by Crippen LogP contribution is -2.38. The van der Waals surface area contributed by atoms with Crippen molar-refractivity contribution in [3.8, 4) is 0 Å². The summed E-state index contributed by atoms with van der Waals surface area (Å²) >= 11 is 0. The van der Waals surface area contributed by atoms with Crippen LogP contribution < -0.4 is 11.1 Å². The van der Waals surface area contributed by atoms with Crippen molar-refractivity contribution in [1.82, 2.24) is 5.32 Å². The van der Waals surface area contributed by atoms with Crippen LogP contribution in [-0.2, 0) is 0 Å². The highest BCUT2D eigenvalue weighted by molar-refractivity contribution is 5.64. The van der Waals surface area contributed by atoms with E-state index >= 15 is 0 Å². The summed E-state index contributed by atoms with van der Waals surface area (Å²) in [6.07, 6.45) is -0.501. The zero-order valence-electron chi connectivity index (χ0n) is 4.79. The molecule has 0 aromatic rings. The molecule has 0 heterocycles. The summed E-state index contributed by atoms with van der Waals surface area (Å²) in [5.41, 5.74) is 5.06. The molecule has 1 atom stereocenters. The Morgan fingerprint density at radius 1 is 1.89 bits per heavy atom. The van der Waals surface area contributed by atoms with E-state index in [9.17, 15) is 4.79 Å². The number of hydrogen-bond acceptors (Lipinski definition) is 2. The Kier molecular flexibility index (Phi) is 6.17. The smallest absolute Gasteiger partial charge is 0.406 e. The van der Waals surface area contributed by atoms with Crippen LogP contribution >= 0.6 is 0 Å². The van der Waals surface area contributed by atoms with Crippen LogP contribution in [0.3, 0.4) is 0 Å². The summed E-state index contributed by atoms with van der Waals surface area (Å²) in [5, 5.41) is 9.94. The first-order valence-electron chi connectivity index (χ1n) is 2.04. The third-order valence-corrected chi connectivity index (χ3v) is 0.544. The SMILES string of the molecule is C=CC(N)NC(=O)O.[C]. The standard InChI is InChI=1S/C4H8N2O2.C/c1-2-3(5)6-4(7)8;/h2-3,6H,1,5H2,(H,7,8);. The molecule has 1 amide bonds. The summed E-state index contributed by atoms with van der Waals surface area (Å²) in [4.78, 5) is 9.73. The summed E-state index contributed by atoms with van der Waals surface area (Å²) < 4.78 is 0. The maximum Gasteiger partial charge on any atom is 0.406 e. The van der Waals surface area contributed by atoms with Crippen LogP contribution in [0, 0.1) is 7.43 Å². The molecule has 0 aliphatic rings. The van der Waals surface area contributed by atoms with Gasteiger partial charge in [0.1, 0.15) is 0 Å². The number of nitrogens with one attached hydrogen (secondary N) is 1. The van der Waals surface area contributed by atoms with E-state index in [1.54, 1.807) is 0 Å². The summed E-state index contributed by atoms with van der Waals surface area (Å²) in [6, 6.07) is 0. The fourth-order valence-electron chi connectivity index (χ4n) is 0.202. The third-order valence-electron chi connectivity index (χ3n) is 0.544. The molecule has 1 unspecified atom stereocenters. The lowest BCUT2D eigenvalue weighted by Gasteiger charge is -2.02. The Bertz CT molecular complexity index is 103. The highest BCUT2D eigenvalue weighted by Gasteiger charge is 1.96. The van der Waals surface area contributed by atoms with Gasteiger partial charge in [-0.3, -0.25) is 0 Å². The molecular formula is C5H8N2O2. The first-order valence-corrected chi connectivity index (χ1v) is 2.04. The number of amides is 1. The van der Waals surface area contributed by atoms with E-state index in [1.165, 1.54) is 6.08 Å². The molecule has 0 bridgehead atoms. The lowest BCUT2D eigenvalue weighted by molar-refractivity contribution is 0.192. The van der Waals surface area contributed by atoms with Crippen molar-refractivity contribution in [2.24, 2.45) is 5.73 Å². The molecule has 4 radical (unpaired) electrons. The Hall–Kier alpha value is -1.03.